The fourth-order valence-electron chi connectivity index (χ4n) is 5.62. The van der Waals surface area contributed by atoms with Gasteiger partial charge in [0.1, 0.15) is 5.82 Å². The molecule has 4 nitrogen and oxygen atoms in total. The summed E-state index contributed by atoms with van der Waals surface area (Å²) in [4.78, 5) is 16.7. The van der Waals surface area contributed by atoms with Crippen LogP contribution in [0.1, 0.15) is 22.8 Å². The van der Waals surface area contributed by atoms with E-state index in [0.717, 1.165) is 55.3 Å². The van der Waals surface area contributed by atoms with Gasteiger partial charge in [0.05, 0.1) is 11.2 Å². The third-order valence-electron chi connectivity index (χ3n) is 7.66. The second-order valence-electron chi connectivity index (χ2n) is 10.1. The highest BCUT2D eigenvalue weighted by Crippen LogP contribution is 2.48. The van der Waals surface area contributed by atoms with E-state index in [2.05, 4.69) is 125 Å². The van der Waals surface area contributed by atoms with Crippen molar-refractivity contribution in [3.8, 4) is 0 Å². The van der Waals surface area contributed by atoms with Crippen LogP contribution < -0.4 is 9.80 Å². The lowest BCUT2D eigenvalue weighted by Gasteiger charge is -2.38. The van der Waals surface area contributed by atoms with E-state index in [1.807, 2.05) is 11.8 Å². The average Bonchev–Trinajstić information content (AvgIpc) is 3.21. The summed E-state index contributed by atoms with van der Waals surface area (Å²) < 4.78 is 0. The van der Waals surface area contributed by atoms with E-state index in [1.54, 1.807) is 0 Å². The number of hydrogen-bond acceptors (Lipinski definition) is 5. The molecule has 0 saturated carbocycles. The maximum absolute atomic E-state index is 5.31. The number of rotatable bonds is 4. The van der Waals surface area contributed by atoms with Gasteiger partial charge in [-0.2, -0.15) is 0 Å². The van der Waals surface area contributed by atoms with Crippen LogP contribution in [0.15, 0.2) is 125 Å². The molecule has 5 heteroatoms. The Morgan fingerprint density at radius 2 is 1.33 bits per heavy atom. The summed E-state index contributed by atoms with van der Waals surface area (Å²) >= 11 is 1.92. The molecule has 0 bridgehead atoms. The number of nitrogens with zero attached hydrogens (tertiary/aromatic N) is 4. The first-order valence-corrected chi connectivity index (χ1v) is 14.5. The Bertz CT molecular complexity index is 1630. The number of para-hydroxylation sites is 3. The zero-order valence-corrected chi connectivity index (χ0v) is 22.6. The van der Waals surface area contributed by atoms with Crippen molar-refractivity contribution in [2.24, 2.45) is 4.99 Å². The molecule has 192 valence electrons. The normalized spacial score (nSPS) is 17.4. The van der Waals surface area contributed by atoms with Gasteiger partial charge in [-0.25, -0.2) is 4.98 Å². The van der Waals surface area contributed by atoms with Gasteiger partial charge >= 0.3 is 0 Å². The molecule has 0 aliphatic carbocycles. The second-order valence-corrected chi connectivity index (χ2v) is 11.4. The van der Waals surface area contributed by atoms with Crippen LogP contribution in [-0.4, -0.2) is 36.9 Å². The second kappa shape index (κ2) is 10.6. The molecular formula is C34H30N4S. The Balaban J connectivity index is 1.29. The zero-order valence-electron chi connectivity index (χ0n) is 21.8. The summed E-state index contributed by atoms with van der Waals surface area (Å²) in [6, 6.07) is 40.8. The summed E-state index contributed by atoms with van der Waals surface area (Å²) in [5.74, 6) is 1.12. The lowest BCUT2D eigenvalue weighted by Crippen LogP contribution is -2.47. The van der Waals surface area contributed by atoms with Crippen molar-refractivity contribution in [2.75, 3.05) is 36.0 Å². The van der Waals surface area contributed by atoms with Crippen molar-refractivity contribution in [3.63, 3.8) is 0 Å². The van der Waals surface area contributed by atoms with E-state index in [1.165, 1.54) is 27.1 Å². The Morgan fingerprint density at radius 3 is 2.15 bits per heavy atom. The fourth-order valence-corrected chi connectivity index (χ4v) is 6.86. The van der Waals surface area contributed by atoms with E-state index < -0.39 is 0 Å². The number of thioether (sulfide) groups is 1. The monoisotopic (exact) mass is 526 g/mol. The van der Waals surface area contributed by atoms with Crippen LogP contribution in [0.3, 0.4) is 0 Å². The third-order valence-corrected chi connectivity index (χ3v) is 8.96. The lowest BCUT2D eigenvalue weighted by atomic mass is 9.99. The number of pyridine rings is 1. The van der Waals surface area contributed by atoms with Gasteiger partial charge in [-0.1, -0.05) is 78.9 Å². The first kappa shape index (κ1) is 24.0. The number of piperazine rings is 1. The summed E-state index contributed by atoms with van der Waals surface area (Å²) in [5.41, 5.74) is 7.02. The van der Waals surface area contributed by atoms with Crippen LogP contribution in [0, 0.1) is 0 Å². The summed E-state index contributed by atoms with van der Waals surface area (Å²) in [6.45, 7) is 3.85. The van der Waals surface area contributed by atoms with Crippen LogP contribution in [0.5, 0.6) is 0 Å². The SMILES string of the molecule is c1ccc(C2=Nc3ccccc3SC(c3cc4ccccc4nc3N3CCN(c4ccccc4)CC3)C2)cc1. The van der Waals surface area contributed by atoms with Gasteiger partial charge in [-0.3, -0.25) is 4.99 Å². The highest BCUT2D eigenvalue weighted by molar-refractivity contribution is 7.99. The minimum absolute atomic E-state index is 0.201. The van der Waals surface area contributed by atoms with Crippen LogP contribution in [-0.2, 0) is 0 Å². The number of anilines is 2. The van der Waals surface area contributed by atoms with Crippen LogP contribution in [0.4, 0.5) is 17.2 Å². The largest absolute Gasteiger partial charge is 0.368 e. The summed E-state index contributed by atoms with van der Waals surface area (Å²) in [5, 5.41) is 1.39. The molecule has 1 atom stereocenters. The number of aromatic nitrogens is 1. The van der Waals surface area contributed by atoms with E-state index in [9.17, 15) is 0 Å². The Hall–Kier alpha value is -4.09. The molecule has 1 fully saturated rings. The Morgan fingerprint density at radius 1 is 0.667 bits per heavy atom. The van der Waals surface area contributed by atoms with Gasteiger partial charge in [0, 0.05) is 65.1 Å². The van der Waals surface area contributed by atoms with E-state index in [-0.39, 0.29) is 5.25 Å². The number of fused-ring (bicyclic) bond motifs is 2. The minimum Gasteiger partial charge on any atom is -0.368 e. The van der Waals surface area contributed by atoms with Gasteiger partial charge < -0.3 is 9.80 Å². The molecule has 1 aromatic heterocycles. The average molecular weight is 527 g/mol. The Kier molecular flexibility index (Phi) is 6.51. The first-order chi connectivity index (χ1) is 19.3. The first-order valence-electron chi connectivity index (χ1n) is 13.7. The minimum atomic E-state index is 0.201. The van der Waals surface area contributed by atoms with E-state index >= 15 is 0 Å². The van der Waals surface area contributed by atoms with Gasteiger partial charge in [-0.15, -0.1) is 11.8 Å². The molecule has 0 N–H and O–H groups in total. The molecule has 1 saturated heterocycles. The van der Waals surface area contributed by atoms with Gasteiger partial charge in [-0.05, 0) is 42.0 Å². The highest BCUT2D eigenvalue weighted by Gasteiger charge is 2.29. The standard InChI is InChI=1S/C34H30N4S/c1-3-11-25(12-4-1)31-24-33(39-32-18-10-9-17-30(32)35-31)28-23-26-13-7-8-16-29(26)36-34(28)38-21-19-37(20-22-38)27-14-5-2-6-15-27/h1-18,23,33H,19-22,24H2. The maximum atomic E-state index is 5.31. The molecule has 5 aromatic rings. The molecule has 3 heterocycles. The molecule has 2 aliphatic heterocycles. The summed E-state index contributed by atoms with van der Waals surface area (Å²) in [7, 11) is 0. The number of aliphatic imine (C=N–C) groups is 1. The number of hydrogen-bond donors (Lipinski definition) is 0. The molecule has 0 spiro atoms. The smallest absolute Gasteiger partial charge is 0.133 e. The van der Waals surface area contributed by atoms with Crippen molar-refractivity contribution in [1.29, 1.82) is 0 Å². The van der Waals surface area contributed by atoms with E-state index in [4.69, 9.17) is 9.98 Å². The van der Waals surface area contributed by atoms with Crippen molar-refractivity contribution in [1.82, 2.24) is 4.98 Å². The number of benzene rings is 4. The molecule has 1 unspecified atom stereocenters. The molecule has 7 rings (SSSR count). The molecule has 4 aromatic carbocycles. The van der Waals surface area contributed by atoms with Crippen LogP contribution >= 0.6 is 11.8 Å². The zero-order chi connectivity index (χ0) is 26.0. The van der Waals surface area contributed by atoms with Crippen molar-refractivity contribution >= 4 is 45.6 Å². The molecule has 39 heavy (non-hydrogen) atoms. The van der Waals surface area contributed by atoms with Crippen LogP contribution in [0.2, 0.25) is 0 Å². The fraction of sp³-hybridized carbons (Fsp3) is 0.176. The topological polar surface area (TPSA) is 31.7 Å². The predicted octanol–water partition coefficient (Wildman–Crippen LogP) is 7.92. The summed E-state index contributed by atoms with van der Waals surface area (Å²) in [6.07, 6.45) is 0.848. The van der Waals surface area contributed by atoms with Crippen molar-refractivity contribution < 1.29 is 0 Å². The quantitative estimate of drug-likeness (QED) is 0.238. The van der Waals surface area contributed by atoms with Crippen molar-refractivity contribution in [2.45, 2.75) is 16.6 Å². The predicted molar refractivity (Wildman–Crippen MR) is 165 cm³/mol. The third kappa shape index (κ3) is 4.90. The van der Waals surface area contributed by atoms with Gasteiger partial charge in [0.15, 0.2) is 0 Å². The Labute approximate surface area is 234 Å². The van der Waals surface area contributed by atoms with Crippen molar-refractivity contribution in [3.05, 3.63) is 126 Å². The molecular weight excluding hydrogens is 496 g/mol. The van der Waals surface area contributed by atoms with E-state index in [0.29, 0.717) is 0 Å². The molecule has 0 amide bonds. The van der Waals surface area contributed by atoms with Gasteiger partial charge in [0.2, 0.25) is 0 Å². The molecule has 2 aliphatic rings. The lowest BCUT2D eigenvalue weighted by molar-refractivity contribution is 0.645. The maximum Gasteiger partial charge on any atom is 0.133 e. The highest BCUT2D eigenvalue weighted by atomic mass is 32.2. The van der Waals surface area contributed by atoms with Crippen LogP contribution in [0.25, 0.3) is 10.9 Å². The molecule has 0 radical (unpaired) electrons. The van der Waals surface area contributed by atoms with Gasteiger partial charge in [0.25, 0.3) is 0 Å².